The molecule has 8 nitrogen and oxygen atoms in total. The Labute approximate surface area is 162 Å². The standard InChI is InChI=1S/C20H23N5O3/c1-13-18-15(20(27)22-12-17(26)21-9-10-28-3)11-16(14-7-5-4-6-8-14)23-19(18)25(2)24-13/h4-8,11H,9-10,12H2,1-3H3,(H,21,26)(H,22,27). The molecule has 2 aromatic heterocycles. The molecule has 2 heterocycles. The van der Waals surface area contributed by atoms with Crippen molar-refractivity contribution >= 4 is 22.8 Å². The van der Waals surface area contributed by atoms with E-state index in [2.05, 4.69) is 20.7 Å². The smallest absolute Gasteiger partial charge is 0.252 e. The van der Waals surface area contributed by atoms with Gasteiger partial charge in [-0.3, -0.25) is 14.3 Å². The molecular weight excluding hydrogens is 358 g/mol. The third-order valence-electron chi connectivity index (χ3n) is 4.32. The second kappa shape index (κ2) is 8.62. The lowest BCUT2D eigenvalue weighted by Gasteiger charge is -2.10. The fraction of sp³-hybridized carbons (Fsp3) is 0.300. The zero-order chi connectivity index (χ0) is 20.1. The minimum Gasteiger partial charge on any atom is -0.383 e. The Hall–Kier alpha value is -3.26. The fourth-order valence-corrected chi connectivity index (χ4v) is 2.99. The van der Waals surface area contributed by atoms with E-state index in [4.69, 9.17) is 4.74 Å². The van der Waals surface area contributed by atoms with Crippen molar-refractivity contribution in [3.05, 3.63) is 47.7 Å². The zero-order valence-corrected chi connectivity index (χ0v) is 16.2. The molecule has 146 valence electrons. The number of carbonyl (C=O) groups is 2. The van der Waals surface area contributed by atoms with E-state index >= 15 is 0 Å². The van der Waals surface area contributed by atoms with E-state index in [9.17, 15) is 9.59 Å². The number of hydrogen-bond acceptors (Lipinski definition) is 5. The molecule has 0 fully saturated rings. The van der Waals surface area contributed by atoms with Crippen LogP contribution in [0.5, 0.6) is 0 Å². The number of carbonyl (C=O) groups excluding carboxylic acids is 2. The van der Waals surface area contributed by atoms with Crippen molar-refractivity contribution in [1.29, 1.82) is 0 Å². The summed E-state index contributed by atoms with van der Waals surface area (Å²) in [6.07, 6.45) is 0. The molecule has 0 spiro atoms. The van der Waals surface area contributed by atoms with Crippen LogP contribution in [-0.2, 0) is 16.6 Å². The number of pyridine rings is 1. The summed E-state index contributed by atoms with van der Waals surface area (Å²) in [6, 6.07) is 11.4. The number of amides is 2. The topological polar surface area (TPSA) is 98.1 Å². The molecule has 1 aromatic carbocycles. The number of fused-ring (bicyclic) bond motifs is 1. The summed E-state index contributed by atoms with van der Waals surface area (Å²) in [5.74, 6) is -0.621. The summed E-state index contributed by atoms with van der Waals surface area (Å²) < 4.78 is 6.55. The van der Waals surface area contributed by atoms with Crippen molar-refractivity contribution in [2.24, 2.45) is 7.05 Å². The highest BCUT2D eigenvalue weighted by molar-refractivity contribution is 6.08. The Morgan fingerprint density at radius 3 is 2.64 bits per heavy atom. The number of ether oxygens (including phenoxy) is 1. The van der Waals surface area contributed by atoms with Gasteiger partial charge in [-0.2, -0.15) is 5.10 Å². The molecule has 0 saturated heterocycles. The number of methoxy groups -OCH3 is 1. The molecule has 0 bridgehead atoms. The maximum atomic E-state index is 12.9. The van der Waals surface area contributed by atoms with Crippen LogP contribution in [0.2, 0.25) is 0 Å². The Bertz CT molecular complexity index is 998. The second-order valence-corrected chi connectivity index (χ2v) is 6.35. The highest BCUT2D eigenvalue weighted by Crippen LogP contribution is 2.26. The lowest BCUT2D eigenvalue weighted by molar-refractivity contribution is -0.120. The molecule has 3 rings (SSSR count). The van der Waals surface area contributed by atoms with Crippen molar-refractivity contribution in [3.8, 4) is 11.3 Å². The van der Waals surface area contributed by atoms with Crippen LogP contribution in [0.25, 0.3) is 22.3 Å². The van der Waals surface area contributed by atoms with Gasteiger partial charge in [0.15, 0.2) is 5.65 Å². The average Bonchev–Trinajstić information content (AvgIpc) is 3.00. The third kappa shape index (κ3) is 4.17. The molecule has 0 aliphatic heterocycles. The summed E-state index contributed by atoms with van der Waals surface area (Å²) in [6.45, 7) is 2.53. The van der Waals surface area contributed by atoms with Crippen LogP contribution in [0.15, 0.2) is 36.4 Å². The number of benzene rings is 1. The van der Waals surface area contributed by atoms with E-state index in [0.29, 0.717) is 41.1 Å². The Morgan fingerprint density at radius 1 is 1.18 bits per heavy atom. The first-order valence-electron chi connectivity index (χ1n) is 8.95. The molecule has 2 N–H and O–H groups in total. The monoisotopic (exact) mass is 381 g/mol. The SMILES string of the molecule is COCCNC(=O)CNC(=O)c1cc(-c2ccccc2)nc2c1c(C)nn2C. The van der Waals surface area contributed by atoms with Crippen LogP contribution in [0.4, 0.5) is 0 Å². The summed E-state index contributed by atoms with van der Waals surface area (Å²) in [5, 5.41) is 10.4. The molecule has 0 atom stereocenters. The maximum Gasteiger partial charge on any atom is 0.252 e. The van der Waals surface area contributed by atoms with Gasteiger partial charge in [0.1, 0.15) is 0 Å². The third-order valence-corrected chi connectivity index (χ3v) is 4.32. The van der Waals surface area contributed by atoms with Gasteiger partial charge in [0.2, 0.25) is 5.91 Å². The lowest BCUT2D eigenvalue weighted by atomic mass is 10.0. The normalized spacial score (nSPS) is 10.8. The first-order chi connectivity index (χ1) is 13.5. The van der Waals surface area contributed by atoms with Crippen molar-refractivity contribution < 1.29 is 14.3 Å². The molecule has 0 aliphatic rings. The second-order valence-electron chi connectivity index (χ2n) is 6.35. The van der Waals surface area contributed by atoms with Crippen LogP contribution in [0, 0.1) is 6.92 Å². The van der Waals surface area contributed by atoms with Crippen molar-refractivity contribution in [2.75, 3.05) is 26.8 Å². The van der Waals surface area contributed by atoms with Gasteiger partial charge in [-0.15, -0.1) is 0 Å². The molecule has 0 saturated carbocycles. The number of aryl methyl sites for hydroxylation is 2. The summed E-state index contributed by atoms with van der Waals surface area (Å²) >= 11 is 0. The van der Waals surface area contributed by atoms with Gasteiger partial charge < -0.3 is 15.4 Å². The quantitative estimate of drug-likeness (QED) is 0.604. The van der Waals surface area contributed by atoms with Crippen molar-refractivity contribution in [1.82, 2.24) is 25.4 Å². The van der Waals surface area contributed by atoms with Crippen LogP contribution in [-0.4, -0.2) is 53.4 Å². The van der Waals surface area contributed by atoms with Crippen LogP contribution >= 0.6 is 0 Å². The van der Waals surface area contributed by atoms with Gasteiger partial charge in [0, 0.05) is 26.3 Å². The van der Waals surface area contributed by atoms with Crippen molar-refractivity contribution in [2.45, 2.75) is 6.92 Å². The number of nitrogens with one attached hydrogen (secondary N) is 2. The molecular formula is C20H23N5O3. The van der Waals surface area contributed by atoms with E-state index in [1.54, 1.807) is 24.9 Å². The van der Waals surface area contributed by atoms with E-state index in [-0.39, 0.29) is 18.4 Å². The van der Waals surface area contributed by atoms with Gasteiger partial charge in [0.05, 0.1) is 35.5 Å². The van der Waals surface area contributed by atoms with Crippen LogP contribution < -0.4 is 10.6 Å². The number of hydrogen-bond donors (Lipinski definition) is 2. The molecule has 2 amide bonds. The highest BCUT2D eigenvalue weighted by Gasteiger charge is 2.19. The van der Waals surface area contributed by atoms with Crippen molar-refractivity contribution in [3.63, 3.8) is 0 Å². The van der Waals surface area contributed by atoms with Gasteiger partial charge in [-0.25, -0.2) is 4.98 Å². The highest BCUT2D eigenvalue weighted by atomic mass is 16.5. The maximum absolute atomic E-state index is 12.9. The van der Waals surface area contributed by atoms with Gasteiger partial charge in [0.25, 0.3) is 5.91 Å². The molecule has 0 radical (unpaired) electrons. The summed E-state index contributed by atoms with van der Waals surface area (Å²) in [5.41, 5.74) is 3.34. The lowest BCUT2D eigenvalue weighted by Crippen LogP contribution is -2.38. The largest absolute Gasteiger partial charge is 0.383 e. The van der Waals surface area contributed by atoms with Gasteiger partial charge in [-0.1, -0.05) is 30.3 Å². The molecule has 3 aromatic rings. The minimum atomic E-state index is -0.345. The molecule has 28 heavy (non-hydrogen) atoms. The first kappa shape index (κ1) is 19.5. The van der Waals surface area contributed by atoms with E-state index in [1.807, 2.05) is 37.3 Å². The summed E-state index contributed by atoms with van der Waals surface area (Å²) in [7, 11) is 3.35. The molecule has 8 heteroatoms. The van der Waals surface area contributed by atoms with E-state index < -0.39 is 0 Å². The predicted molar refractivity (Wildman–Crippen MR) is 106 cm³/mol. The Balaban J connectivity index is 1.90. The average molecular weight is 381 g/mol. The van der Waals surface area contributed by atoms with Gasteiger partial charge >= 0.3 is 0 Å². The number of nitrogens with zero attached hydrogens (tertiary/aromatic N) is 3. The fourth-order valence-electron chi connectivity index (χ4n) is 2.99. The first-order valence-corrected chi connectivity index (χ1v) is 8.95. The Kier molecular flexibility index (Phi) is 6.00. The zero-order valence-electron chi connectivity index (χ0n) is 16.2. The van der Waals surface area contributed by atoms with Crippen LogP contribution in [0.1, 0.15) is 16.1 Å². The van der Waals surface area contributed by atoms with E-state index in [0.717, 1.165) is 5.56 Å². The Morgan fingerprint density at radius 2 is 1.93 bits per heavy atom. The van der Waals surface area contributed by atoms with Crippen LogP contribution in [0.3, 0.4) is 0 Å². The number of rotatable bonds is 7. The number of aromatic nitrogens is 3. The minimum absolute atomic E-state index is 0.119. The molecule has 0 aliphatic carbocycles. The summed E-state index contributed by atoms with van der Waals surface area (Å²) in [4.78, 5) is 29.4. The van der Waals surface area contributed by atoms with Gasteiger partial charge in [-0.05, 0) is 13.0 Å². The van der Waals surface area contributed by atoms with E-state index in [1.165, 1.54) is 0 Å². The predicted octanol–water partition coefficient (Wildman–Crippen LogP) is 1.44. The molecule has 0 unspecified atom stereocenters.